The SMILES string of the molecule is CONC(=O)c1ccccc1N[C@@H](C)c1cc(C)cc2c(=O)n(C)c(N3CCOCC3)nc12. The van der Waals surface area contributed by atoms with Crippen LogP contribution in [-0.4, -0.2) is 48.9 Å². The molecule has 0 bridgehead atoms. The van der Waals surface area contributed by atoms with Crippen LogP contribution in [0.4, 0.5) is 11.6 Å². The molecule has 2 N–H and O–H groups in total. The van der Waals surface area contributed by atoms with Gasteiger partial charge in [-0.1, -0.05) is 18.2 Å². The number of nitrogens with zero attached hydrogens (tertiary/aromatic N) is 3. The largest absolute Gasteiger partial charge is 0.378 e. The van der Waals surface area contributed by atoms with E-state index < -0.39 is 0 Å². The summed E-state index contributed by atoms with van der Waals surface area (Å²) in [5.74, 6) is 0.288. The highest BCUT2D eigenvalue weighted by molar-refractivity contribution is 5.99. The smallest absolute Gasteiger partial charge is 0.276 e. The Hall–Kier alpha value is -3.43. The first kappa shape index (κ1) is 22.8. The molecule has 4 rings (SSSR count). The average molecular weight is 452 g/mol. The molecule has 3 aromatic rings. The molecule has 9 heteroatoms. The first-order chi connectivity index (χ1) is 15.9. The number of para-hydroxylation sites is 1. The molecule has 1 aromatic heterocycles. The van der Waals surface area contributed by atoms with Gasteiger partial charge in [0.25, 0.3) is 11.5 Å². The van der Waals surface area contributed by atoms with E-state index >= 15 is 0 Å². The predicted molar refractivity (Wildman–Crippen MR) is 128 cm³/mol. The van der Waals surface area contributed by atoms with Crippen LogP contribution in [0.15, 0.2) is 41.2 Å². The molecule has 174 valence electrons. The van der Waals surface area contributed by atoms with Crippen molar-refractivity contribution in [2.24, 2.45) is 7.05 Å². The molecule has 1 atom stereocenters. The Morgan fingerprint density at radius 3 is 2.67 bits per heavy atom. The van der Waals surface area contributed by atoms with E-state index in [1.54, 1.807) is 23.7 Å². The Kier molecular flexibility index (Phi) is 6.62. The summed E-state index contributed by atoms with van der Waals surface area (Å²) >= 11 is 0. The number of ether oxygens (including phenoxy) is 1. The Morgan fingerprint density at radius 2 is 1.94 bits per heavy atom. The minimum atomic E-state index is -0.344. The van der Waals surface area contributed by atoms with Crippen molar-refractivity contribution in [1.29, 1.82) is 0 Å². The van der Waals surface area contributed by atoms with E-state index in [2.05, 4.69) is 15.7 Å². The van der Waals surface area contributed by atoms with E-state index in [-0.39, 0.29) is 17.5 Å². The van der Waals surface area contributed by atoms with Crippen molar-refractivity contribution in [1.82, 2.24) is 15.0 Å². The molecule has 1 amide bonds. The third-order valence-corrected chi connectivity index (χ3v) is 5.83. The number of morpholine rings is 1. The summed E-state index contributed by atoms with van der Waals surface area (Å²) in [6.07, 6.45) is 0. The van der Waals surface area contributed by atoms with Crippen LogP contribution in [-0.2, 0) is 16.6 Å². The number of aromatic nitrogens is 2. The Bertz CT molecular complexity index is 1230. The number of fused-ring (bicyclic) bond motifs is 1. The summed E-state index contributed by atoms with van der Waals surface area (Å²) in [6.45, 7) is 6.53. The summed E-state index contributed by atoms with van der Waals surface area (Å²) in [4.78, 5) is 37.5. The van der Waals surface area contributed by atoms with Gasteiger partial charge in [0, 0.05) is 31.4 Å². The fourth-order valence-electron chi connectivity index (χ4n) is 4.18. The highest BCUT2D eigenvalue weighted by Gasteiger charge is 2.21. The van der Waals surface area contributed by atoms with E-state index in [0.29, 0.717) is 54.4 Å². The maximum atomic E-state index is 13.3. The molecule has 33 heavy (non-hydrogen) atoms. The number of hydrogen-bond donors (Lipinski definition) is 2. The number of anilines is 2. The van der Waals surface area contributed by atoms with Gasteiger partial charge in [-0.15, -0.1) is 0 Å². The molecule has 1 aliphatic heterocycles. The second kappa shape index (κ2) is 9.60. The van der Waals surface area contributed by atoms with Gasteiger partial charge in [0.05, 0.1) is 42.8 Å². The minimum absolute atomic E-state index is 0.0847. The standard InChI is InChI=1S/C24H29N5O4/c1-15-13-18(16(2)25-20-8-6-5-7-17(20)22(30)27-32-4)21-19(14-15)23(31)28(3)24(26-21)29-9-11-33-12-10-29/h5-8,13-14,16,25H,9-12H2,1-4H3,(H,27,30)/t16-/m0/s1. The molecule has 1 aliphatic rings. The number of benzene rings is 2. The van der Waals surface area contributed by atoms with Crippen LogP contribution in [0.3, 0.4) is 0 Å². The van der Waals surface area contributed by atoms with Crippen molar-refractivity contribution >= 4 is 28.4 Å². The van der Waals surface area contributed by atoms with Crippen molar-refractivity contribution in [2.75, 3.05) is 43.6 Å². The summed E-state index contributed by atoms with van der Waals surface area (Å²) in [7, 11) is 3.15. The molecule has 2 heterocycles. The van der Waals surface area contributed by atoms with Crippen molar-refractivity contribution in [3.05, 3.63) is 63.4 Å². The predicted octanol–water partition coefficient (Wildman–Crippen LogP) is 2.54. The molecule has 0 saturated carbocycles. The molecule has 9 nitrogen and oxygen atoms in total. The zero-order chi connectivity index (χ0) is 23.5. The van der Waals surface area contributed by atoms with E-state index in [1.165, 1.54) is 7.11 Å². The van der Waals surface area contributed by atoms with E-state index in [4.69, 9.17) is 14.6 Å². The molecule has 0 unspecified atom stereocenters. The van der Waals surface area contributed by atoms with Gasteiger partial charge >= 0.3 is 0 Å². The van der Waals surface area contributed by atoms with E-state index in [1.807, 2.05) is 38.1 Å². The van der Waals surface area contributed by atoms with Crippen molar-refractivity contribution < 1.29 is 14.4 Å². The van der Waals surface area contributed by atoms with E-state index in [9.17, 15) is 9.59 Å². The van der Waals surface area contributed by atoms with Crippen LogP contribution in [0.5, 0.6) is 0 Å². The van der Waals surface area contributed by atoms with Crippen LogP contribution in [0.1, 0.15) is 34.5 Å². The fourth-order valence-corrected chi connectivity index (χ4v) is 4.18. The van der Waals surface area contributed by atoms with Crippen LogP contribution in [0, 0.1) is 6.92 Å². The Labute approximate surface area is 192 Å². The van der Waals surface area contributed by atoms with Gasteiger partial charge in [0.2, 0.25) is 5.95 Å². The lowest BCUT2D eigenvalue weighted by atomic mass is 10.0. The molecular formula is C24H29N5O4. The fraction of sp³-hybridized carbons (Fsp3) is 0.375. The quantitative estimate of drug-likeness (QED) is 0.556. The van der Waals surface area contributed by atoms with Gasteiger partial charge < -0.3 is 15.0 Å². The van der Waals surface area contributed by atoms with Crippen LogP contribution in [0.2, 0.25) is 0 Å². The van der Waals surface area contributed by atoms with Crippen LogP contribution < -0.4 is 21.3 Å². The highest BCUT2D eigenvalue weighted by Crippen LogP contribution is 2.29. The summed E-state index contributed by atoms with van der Waals surface area (Å²) in [5.41, 5.74) is 5.91. The van der Waals surface area contributed by atoms with Crippen LogP contribution in [0.25, 0.3) is 10.9 Å². The van der Waals surface area contributed by atoms with Gasteiger partial charge in [-0.25, -0.2) is 10.5 Å². The third-order valence-electron chi connectivity index (χ3n) is 5.83. The number of carbonyl (C=O) groups excluding carboxylic acids is 1. The molecule has 0 aliphatic carbocycles. The lowest BCUT2D eigenvalue weighted by Gasteiger charge is -2.29. The summed E-state index contributed by atoms with van der Waals surface area (Å²) in [6, 6.07) is 10.9. The summed E-state index contributed by atoms with van der Waals surface area (Å²) < 4.78 is 7.07. The van der Waals surface area contributed by atoms with Gasteiger partial charge in [0.15, 0.2) is 0 Å². The molecule has 2 aromatic carbocycles. The van der Waals surface area contributed by atoms with Crippen LogP contribution >= 0.6 is 0 Å². The molecule has 1 fully saturated rings. The van der Waals surface area contributed by atoms with Gasteiger partial charge in [-0.3, -0.25) is 19.0 Å². The highest BCUT2D eigenvalue weighted by atomic mass is 16.6. The Balaban J connectivity index is 1.78. The van der Waals surface area contributed by atoms with Gasteiger partial charge in [-0.05, 0) is 37.6 Å². The normalized spacial score (nSPS) is 14.8. The second-order valence-corrected chi connectivity index (χ2v) is 8.17. The lowest BCUT2D eigenvalue weighted by Crippen LogP contribution is -2.40. The van der Waals surface area contributed by atoms with Crippen molar-refractivity contribution in [3.8, 4) is 0 Å². The maximum absolute atomic E-state index is 13.3. The summed E-state index contributed by atoms with van der Waals surface area (Å²) in [5, 5.41) is 3.99. The van der Waals surface area contributed by atoms with E-state index in [0.717, 1.165) is 11.1 Å². The number of rotatable bonds is 6. The number of nitrogens with one attached hydrogen (secondary N) is 2. The number of hydroxylamine groups is 1. The number of aryl methyl sites for hydroxylation is 1. The van der Waals surface area contributed by atoms with Crippen molar-refractivity contribution in [2.45, 2.75) is 19.9 Å². The first-order valence-corrected chi connectivity index (χ1v) is 10.9. The lowest BCUT2D eigenvalue weighted by molar-refractivity contribution is 0.0538. The second-order valence-electron chi connectivity index (χ2n) is 8.17. The first-order valence-electron chi connectivity index (χ1n) is 10.9. The number of hydrogen-bond acceptors (Lipinski definition) is 7. The zero-order valence-electron chi connectivity index (χ0n) is 19.3. The molecule has 1 saturated heterocycles. The molecular weight excluding hydrogens is 422 g/mol. The van der Waals surface area contributed by atoms with Gasteiger partial charge in [-0.2, -0.15) is 0 Å². The Morgan fingerprint density at radius 1 is 1.21 bits per heavy atom. The number of carbonyl (C=O) groups is 1. The number of amides is 1. The monoisotopic (exact) mass is 451 g/mol. The topological polar surface area (TPSA) is 97.7 Å². The maximum Gasteiger partial charge on any atom is 0.276 e. The third kappa shape index (κ3) is 4.55. The minimum Gasteiger partial charge on any atom is -0.378 e. The van der Waals surface area contributed by atoms with Crippen molar-refractivity contribution in [3.63, 3.8) is 0 Å². The van der Waals surface area contributed by atoms with Gasteiger partial charge in [0.1, 0.15) is 0 Å². The average Bonchev–Trinajstić information content (AvgIpc) is 2.82. The molecule has 0 spiro atoms. The molecule has 0 radical (unpaired) electrons. The zero-order valence-corrected chi connectivity index (χ0v) is 19.3.